The summed E-state index contributed by atoms with van der Waals surface area (Å²) in [4.78, 5) is 6.06. The van der Waals surface area contributed by atoms with Gasteiger partial charge in [0, 0.05) is 22.3 Å². The molecule has 0 saturated carbocycles. The van der Waals surface area contributed by atoms with Crippen molar-refractivity contribution in [3.05, 3.63) is 91.9 Å². The van der Waals surface area contributed by atoms with Crippen LogP contribution < -0.4 is 0 Å². The molecule has 0 N–H and O–H groups in total. The predicted octanol–water partition coefficient (Wildman–Crippen LogP) is 8.66. The zero-order valence-corrected chi connectivity index (χ0v) is 17.8. The summed E-state index contributed by atoms with van der Waals surface area (Å²) < 4.78 is 0. The van der Waals surface area contributed by atoms with E-state index in [-0.39, 0.29) is 5.25 Å². The fraction of sp³-hybridized carbons (Fsp3) is 0.0952. The summed E-state index contributed by atoms with van der Waals surface area (Å²) in [5.41, 5.74) is 3.99. The average Bonchev–Trinajstić information content (AvgIpc) is 2.86. The van der Waals surface area contributed by atoms with Crippen molar-refractivity contribution >= 4 is 69.6 Å². The number of para-hydroxylation sites is 1. The molecule has 0 aromatic heterocycles. The molecule has 1 aliphatic rings. The van der Waals surface area contributed by atoms with Gasteiger partial charge < -0.3 is 0 Å². The van der Waals surface area contributed by atoms with Crippen molar-refractivity contribution in [3.8, 4) is 0 Å². The Bertz CT molecular complexity index is 1050. The number of hydrogen-bond donors (Lipinski definition) is 0. The molecule has 27 heavy (non-hydrogen) atoms. The number of benzene rings is 3. The number of nitrogens with zero attached hydrogens (tertiary/aromatic N) is 1. The van der Waals surface area contributed by atoms with Gasteiger partial charge in [-0.15, -0.1) is 11.8 Å². The SMILES string of the molecule is Clc1ccc(C2=Nc3ccccc3SC(c3ccc(Cl)c(Cl)c3)C2)cc1Cl. The molecule has 1 atom stereocenters. The van der Waals surface area contributed by atoms with Gasteiger partial charge in [0.15, 0.2) is 0 Å². The Labute approximate surface area is 182 Å². The zero-order chi connectivity index (χ0) is 19.0. The minimum absolute atomic E-state index is 0.150. The molecule has 0 fully saturated rings. The molecule has 4 rings (SSSR count). The number of hydrogen-bond acceptors (Lipinski definition) is 2. The van der Waals surface area contributed by atoms with Gasteiger partial charge in [-0.3, -0.25) is 4.99 Å². The highest BCUT2D eigenvalue weighted by molar-refractivity contribution is 7.99. The summed E-state index contributed by atoms with van der Waals surface area (Å²) in [7, 11) is 0. The van der Waals surface area contributed by atoms with E-state index in [0.717, 1.165) is 33.8 Å². The van der Waals surface area contributed by atoms with Crippen LogP contribution in [0.3, 0.4) is 0 Å². The number of aliphatic imine (C=N–C) groups is 1. The maximum absolute atomic E-state index is 6.26. The Morgan fingerprint density at radius 2 is 1.48 bits per heavy atom. The Morgan fingerprint density at radius 1 is 0.778 bits per heavy atom. The smallest absolute Gasteiger partial charge is 0.0769 e. The second kappa shape index (κ2) is 8.06. The van der Waals surface area contributed by atoms with E-state index in [1.165, 1.54) is 0 Å². The zero-order valence-electron chi connectivity index (χ0n) is 13.9. The average molecular weight is 453 g/mol. The normalized spacial score (nSPS) is 16.4. The highest BCUT2D eigenvalue weighted by Crippen LogP contribution is 2.46. The Balaban J connectivity index is 1.81. The molecule has 0 saturated heterocycles. The molecule has 3 aromatic rings. The summed E-state index contributed by atoms with van der Waals surface area (Å²) in [6, 6.07) is 19.6. The van der Waals surface area contributed by atoms with E-state index in [9.17, 15) is 0 Å². The largest absolute Gasteiger partial charge is 0.252 e. The topological polar surface area (TPSA) is 12.4 Å². The van der Waals surface area contributed by atoms with Gasteiger partial charge in [0.2, 0.25) is 0 Å². The molecule has 0 radical (unpaired) electrons. The minimum atomic E-state index is 0.150. The lowest BCUT2D eigenvalue weighted by molar-refractivity contribution is 1.01. The van der Waals surface area contributed by atoms with Gasteiger partial charge in [0.25, 0.3) is 0 Å². The van der Waals surface area contributed by atoms with Crippen LogP contribution in [0, 0.1) is 0 Å². The van der Waals surface area contributed by atoms with Crippen molar-refractivity contribution in [3.63, 3.8) is 0 Å². The highest BCUT2D eigenvalue weighted by atomic mass is 35.5. The van der Waals surface area contributed by atoms with E-state index in [0.29, 0.717) is 20.1 Å². The van der Waals surface area contributed by atoms with Gasteiger partial charge in [0.05, 0.1) is 25.8 Å². The van der Waals surface area contributed by atoms with Gasteiger partial charge in [-0.25, -0.2) is 0 Å². The molecular formula is C21H13Cl4NS. The molecule has 1 unspecified atom stereocenters. The molecule has 6 heteroatoms. The first kappa shape index (κ1) is 19.2. The van der Waals surface area contributed by atoms with Crippen LogP contribution in [0.1, 0.15) is 22.8 Å². The first-order valence-corrected chi connectivity index (χ1v) is 10.6. The lowest BCUT2D eigenvalue weighted by Gasteiger charge is -2.17. The van der Waals surface area contributed by atoms with Crippen LogP contribution in [0.25, 0.3) is 0 Å². The first-order valence-electron chi connectivity index (χ1n) is 8.25. The Kier molecular flexibility index (Phi) is 5.73. The van der Waals surface area contributed by atoms with Crippen molar-refractivity contribution in [1.82, 2.24) is 0 Å². The second-order valence-electron chi connectivity index (χ2n) is 6.14. The maximum atomic E-state index is 6.26. The van der Waals surface area contributed by atoms with E-state index < -0.39 is 0 Å². The van der Waals surface area contributed by atoms with Crippen molar-refractivity contribution < 1.29 is 0 Å². The van der Waals surface area contributed by atoms with Crippen molar-refractivity contribution in [2.24, 2.45) is 4.99 Å². The van der Waals surface area contributed by atoms with Gasteiger partial charge in [0.1, 0.15) is 0 Å². The fourth-order valence-electron chi connectivity index (χ4n) is 2.97. The van der Waals surface area contributed by atoms with Gasteiger partial charge >= 0.3 is 0 Å². The third-order valence-corrected chi connectivity index (χ3v) is 7.14. The van der Waals surface area contributed by atoms with E-state index in [1.807, 2.05) is 48.5 Å². The third kappa shape index (κ3) is 4.16. The summed E-state index contributed by atoms with van der Waals surface area (Å²) in [6.45, 7) is 0. The molecule has 3 aromatic carbocycles. The predicted molar refractivity (Wildman–Crippen MR) is 119 cm³/mol. The summed E-state index contributed by atoms with van der Waals surface area (Å²) in [6.07, 6.45) is 0.731. The molecule has 0 bridgehead atoms. The highest BCUT2D eigenvalue weighted by Gasteiger charge is 2.23. The molecule has 136 valence electrons. The van der Waals surface area contributed by atoms with E-state index in [1.54, 1.807) is 17.8 Å². The lowest BCUT2D eigenvalue weighted by atomic mass is 10.0. The van der Waals surface area contributed by atoms with E-state index in [4.69, 9.17) is 51.4 Å². The van der Waals surface area contributed by atoms with E-state index >= 15 is 0 Å². The fourth-order valence-corrected chi connectivity index (χ4v) is 4.79. The first-order chi connectivity index (χ1) is 13.0. The van der Waals surface area contributed by atoms with Crippen molar-refractivity contribution in [2.75, 3.05) is 0 Å². The number of rotatable bonds is 2. The summed E-state index contributed by atoms with van der Waals surface area (Å²) in [5.74, 6) is 0. The summed E-state index contributed by atoms with van der Waals surface area (Å²) >= 11 is 26.5. The molecule has 1 aliphatic heterocycles. The Hall–Kier alpha value is -1.16. The molecule has 0 aliphatic carbocycles. The van der Waals surface area contributed by atoms with Gasteiger partial charge in [-0.05, 0) is 47.5 Å². The van der Waals surface area contributed by atoms with Crippen LogP contribution in [0.2, 0.25) is 20.1 Å². The molecule has 0 amide bonds. The standard InChI is InChI=1S/C21H13Cl4NS/c22-14-7-5-12(9-16(14)24)19-11-21(13-6-8-15(23)17(25)10-13)27-20-4-2-1-3-18(20)26-19/h1-10,21H,11H2. The minimum Gasteiger partial charge on any atom is -0.252 e. The second-order valence-corrected chi connectivity index (χ2v) is 9.01. The molecule has 0 spiro atoms. The van der Waals surface area contributed by atoms with Gasteiger partial charge in [-0.1, -0.05) is 70.7 Å². The monoisotopic (exact) mass is 451 g/mol. The van der Waals surface area contributed by atoms with Crippen LogP contribution in [-0.4, -0.2) is 5.71 Å². The van der Waals surface area contributed by atoms with Crippen LogP contribution in [0.15, 0.2) is 70.6 Å². The molecular weight excluding hydrogens is 440 g/mol. The van der Waals surface area contributed by atoms with Crippen LogP contribution in [0.4, 0.5) is 5.69 Å². The van der Waals surface area contributed by atoms with Crippen LogP contribution >= 0.6 is 58.2 Å². The molecule has 1 heterocycles. The lowest BCUT2D eigenvalue weighted by Crippen LogP contribution is -2.05. The van der Waals surface area contributed by atoms with E-state index in [2.05, 4.69) is 6.07 Å². The van der Waals surface area contributed by atoms with Crippen molar-refractivity contribution in [2.45, 2.75) is 16.6 Å². The van der Waals surface area contributed by atoms with Crippen LogP contribution in [-0.2, 0) is 0 Å². The van der Waals surface area contributed by atoms with Crippen LogP contribution in [0.5, 0.6) is 0 Å². The maximum Gasteiger partial charge on any atom is 0.0769 e. The number of fused-ring (bicyclic) bond motifs is 1. The summed E-state index contributed by atoms with van der Waals surface area (Å²) in [5, 5.41) is 2.31. The molecule has 1 nitrogen and oxygen atoms in total. The quantitative estimate of drug-likeness (QED) is 0.378. The Morgan fingerprint density at radius 3 is 2.22 bits per heavy atom. The number of thioether (sulfide) groups is 1. The number of halogens is 4. The third-order valence-electron chi connectivity index (χ3n) is 4.34. The van der Waals surface area contributed by atoms with Gasteiger partial charge in [-0.2, -0.15) is 0 Å². The van der Waals surface area contributed by atoms with Crippen molar-refractivity contribution in [1.29, 1.82) is 0 Å².